The van der Waals surface area contributed by atoms with Gasteiger partial charge in [-0.25, -0.2) is 0 Å². The van der Waals surface area contributed by atoms with Gasteiger partial charge < -0.3 is 15.3 Å². The molecule has 0 aliphatic heterocycles. The summed E-state index contributed by atoms with van der Waals surface area (Å²) in [7, 11) is 0. The Morgan fingerprint density at radius 3 is 2.20 bits per heavy atom. The molecular weight excluding hydrogens is 132 g/mol. The van der Waals surface area contributed by atoms with Crippen LogP contribution in [0.5, 0.6) is 0 Å². The van der Waals surface area contributed by atoms with Gasteiger partial charge in [0.15, 0.2) is 0 Å². The lowest BCUT2D eigenvalue weighted by atomic mass is 9.84. The first-order chi connectivity index (χ1) is 4.61. The van der Waals surface area contributed by atoms with Crippen LogP contribution in [0.4, 0.5) is 0 Å². The lowest BCUT2D eigenvalue weighted by Gasteiger charge is -2.32. The molecule has 0 radical (unpaired) electrons. The summed E-state index contributed by atoms with van der Waals surface area (Å²) in [4.78, 5) is 0. The Morgan fingerprint density at radius 2 is 1.70 bits per heavy atom. The maximum absolute atomic E-state index is 9.20. The maximum atomic E-state index is 9.20. The molecule has 1 aliphatic rings. The van der Waals surface area contributed by atoms with Gasteiger partial charge in [0.1, 0.15) is 0 Å². The van der Waals surface area contributed by atoms with Crippen molar-refractivity contribution in [1.82, 2.24) is 0 Å². The van der Waals surface area contributed by atoms with Gasteiger partial charge in [0.05, 0.1) is 18.3 Å². The van der Waals surface area contributed by atoms with Crippen molar-refractivity contribution in [3.05, 3.63) is 0 Å². The predicted octanol–water partition coefficient (Wildman–Crippen LogP) is -0.501. The standard InChI is InChI=1S/C7H14O3/c1-4-2-5(8)3-6(9)7(4)10/h4-10H,2-3H2,1H3. The molecule has 0 aromatic rings. The molecule has 0 aromatic carbocycles. The smallest absolute Gasteiger partial charge is 0.0826 e. The second kappa shape index (κ2) is 2.86. The topological polar surface area (TPSA) is 60.7 Å². The van der Waals surface area contributed by atoms with Gasteiger partial charge in [-0.2, -0.15) is 0 Å². The number of hydrogen-bond donors (Lipinski definition) is 3. The largest absolute Gasteiger partial charge is 0.393 e. The summed E-state index contributed by atoms with van der Waals surface area (Å²) in [6, 6.07) is 0. The van der Waals surface area contributed by atoms with E-state index in [1.165, 1.54) is 0 Å². The molecule has 0 amide bonds. The van der Waals surface area contributed by atoms with Crippen molar-refractivity contribution in [2.75, 3.05) is 0 Å². The molecule has 3 heteroatoms. The van der Waals surface area contributed by atoms with Crippen molar-refractivity contribution < 1.29 is 15.3 Å². The van der Waals surface area contributed by atoms with E-state index >= 15 is 0 Å². The van der Waals surface area contributed by atoms with Gasteiger partial charge in [-0.1, -0.05) is 6.92 Å². The molecule has 1 fully saturated rings. The third-order valence-corrected chi connectivity index (χ3v) is 2.13. The fourth-order valence-electron chi connectivity index (χ4n) is 1.46. The van der Waals surface area contributed by atoms with Gasteiger partial charge in [0.2, 0.25) is 0 Å². The lowest BCUT2D eigenvalue weighted by Crippen LogP contribution is -2.41. The molecule has 60 valence electrons. The zero-order valence-corrected chi connectivity index (χ0v) is 6.07. The summed E-state index contributed by atoms with van der Waals surface area (Å²) in [5.41, 5.74) is 0. The minimum Gasteiger partial charge on any atom is -0.393 e. The Hall–Kier alpha value is -0.120. The van der Waals surface area contributed by atoms with Crippen molar-refractivity contribution >= 4 is 0 Å². The molecule has 1 saturated carbocycles. The quantitative estimate of drug-likeness (QED) is 0.431. The Balaban J connectivity index is 2.49. The maximum Gasteiger partial charge on any atom is 0.0826 e. The summed E-state index contributed by atoms with van der Waals surface area (Å²) in [6.07, 6.45) is -0.917. The summed E-state index contributed by atoms with van der Waals surface area (Å²) in [6.45, 7) is 1.83. The van der Waals surface area contributed by atoms with Crippen LogP contribution in [0, 0.1) is 5.92 Å². The number of aliphatic hydroxyl groups is 3. The molecule has 0 spiro atoms. The Labute approximate surface area is 60.3 Å². The van der Waals surface area contributed by atoms with Gasteiger partial charge in [-0.15, -0.1) is 0 Å². The van der Waals surface area contributed by atoms with E-state index in [1.54, 1.807) is 0 Å². The van der Waals surface area contributed by atoms with E-state index in [9.17, 15) is 5.11 Å². The summed E-state index contributed by atoms with van der Waals surface area (Å²) in [5, 5.41) is 27.4. The van der Waals surface area contributed by atoms with Crippen molar-refractivity contribution in [3.63, 3.8) is 0 Å². The number of rotatable bonds is 0. The number of hydrogen-bond acceptors (Lipinski definition) is 3. The van der Waals surface area contributed by atoms with Gasteiger partial charge in [0, 0.05) is 6.42 Å². The van der Waals surface area contributed by atoms with E-state index in [0.29, 0.717) is 12.8 Å². The zero-order chi connectivity index (χ0) is 7.72. The van der Waals surface area contributed by atoms with Crippen LogP contribution >= 0.6 is 0 Å². The molecule has 10 heavy (non-hydrogen) atoms. The molecule has 0 aromatic heterocycles. The molecule has 0 heterocycles. The summed E-state index contributed by atoms with van der Waals surface area (Å²) >= 11 is 0. The van der Waals surface area contributed by atoms with E-state index in [0.717, 1.165) is 0 Å². The van der Waals surface area contributed by atoms with Crippen LogP contribution in [-0.4, -0.2) is 33.6 Å². The SMILES string of the molecule is CC1CC(O)CC(O)C1O. The third-order valence-electron chi connectivity index (χ3n) is 2.13. The van der Waals surface area contributed by atoms with Crippen molar-refractivity contribution in [2.24, 2.45) is 5.92 Å². The van der Waals surface area contributed by atoms with Crippen LogP contribution in [-0.2, 0) is 0 Å². The van der Waals surface area contributed by atoms with Crippen LogP contribution in [0.15, 0.2) is 0 Å². The fourth-order valence-corrected chi connectivity index (χ4v) is 1.46. The van der Waals surface area contributed by atoms with Gasteiger partial charge in [-0.05, 0) is 12.3 Å². The van der Waals surface area contributed by atoms with E-state index in [2.05, 4.69) is 0 Å². The average molecular weight is 146 g/mol. The average Bonchev–Trinajstić information content (AvgIpc) is 1.82. The minimum atomic E-state index is -0.737. The van der Waals surface area contributed by atoms with E-state index in [4.69, 9.17) is 10.2 Å². The molecular formula is C7H14O3. The van der Waals surface area contributed by atoms with Crippen LogP contribution in [0.3, 0.4) is 0 Å². The van der Waals surface area contributed by atoms with Gasteiger partial charge in [0.25, 0.3) is 0 Å². The van der Waals surface area contributed by atoms with Crippen molar-refractivity contribution in [2.45, 2.75) is 38.1 Å². The summed E-state index contributed by atoms with van der Waals surface area (Å²) < 4.78 is 0. The summed E-state index contributed by atoms with van der Waals surface area (Å²) in [5.74, 6) is 0.0127. The molecule has 3 nitrogen and oxygen atoms in total. The first-order valence-corrected chi connectivity index (χ1v) is 3.65. The van der Waals surface area contributed by atoms with Crippen molar-refractivity contribution in [3.8, 4) is 0 Å². The van der Waals surface area contributed by atoms with Crippen LogP contribution in [0.1, 0.15) is 19.8 Å². The molecule has 4 atom stereocenters. The highest BCUT2D eigenvalue weighted by atomic mass is 16.3. The van der Waals surface area contributed by atoms with Gasteiger partial charge >= 0.3 is 0 Å². The number of aliphatic hydroxyl groups excluding tert-OH is 3. The highest BCUT2D eigenvalue weighted by Gasteiger charge is 2.31. The Morgan fingerprint density at radius 1 is 1.10 bits per heavy atom. The van der Waals surface area contributed by atoms with Crippen molar-refractivity contribution in [1.29, 1.82) is 0 Å². The second-order valence-corrected chi connectivity index (χ2v) is 3.16. The second-order valence-electron chi connectivity index (χ2n) is 3.16. The molecule has 0 bridgehead atoms. The Bertz CT molecular complexity index is 103. The molecule has 1 rings (SSSR count). The normalized spacial score (nSPS) is 49.2. The lowest BCUT2D eigenvalue weighted by molar-refractivity contribution is -0.0782. The van der Waals surface area contributed by atoms with Crippen LogP contribution in [0.25, 0.3) is 0 Å². The van der Waals surface area contributed by atoms with E-state index < -0.39 is 18.3 Å². The fraction of sp³-hybridized carbons (Fsp3) is 1.00. The predicted molar refractivity (Wildman–Crippen MR) is 36.4 cm³/mol. The minimum absolute atomic E-state index is 0.0127. The van der Waals surface area contributed by atoms with Crippen LogP contribution < -0.4 is 0 Å². The van der Waals surface area contributed by atoms with E-state index in [1.807, 2.05) is 6.92 Å². The molecule has 3 N–H and O–H groups in total. The molecule has 0 saturated heterocycles. The third kappa shape index (κ3) is 1.48. The monoisotopic (exact) mass is 146 g/mol. The highest BCUT2D eigenvalue weighted by Crippen LogP contribution is 2.24. The van der Waals surface area contributed by atoms with Gasteiger partial charge in [-0.3, -0.25) is 0 Å². The Kier molecular flexibility index (Phi) is 2.28. The first-order valence-electron chi connectivity index (χ1n) is 3.65. The molecule has 4 unspecified atom stereocenters. The highest BCUT2D eigenvalue weighted by molar-refractivity contribution is 4.83. The molecule has 1 aliphatic carbocycles. The van der Waals surface area contributed by atoms with Crippen LogP contribution in [0.2, 0.25) is 0 Å². The first kappa shape index (κ1) is 7.98. The van der Waals surface area contributed by atoms with E-state index in [-0.39, 0.29) is 5.92 Å². The zero-order valence-electron chi connectivity index (χ0n) is 6.07.